The molecule has 5 heteroatoms. The number of aromatic nitrogens is 2. The molecule has 112 valence electrons. The first-order chi connectivity index (χ1) is 10.8. The zero-order chi connectivity index (χ0) is 15.2. The van der Waals surface area contributed by atoms with Gasteiger partial charge in [-0.3, -0.25) is 4.79 Å². The molecule has 0 atom stereocenters. The van der Waals surface area contributed by atoms with Gasteiger partial charge < -0.3 is 14.3 Å². The number of hydrogen-bond donors (Lipinski definition) is 1. The Morgan fingerprint density at radius 3 is 2.86 bits per heavy atom. The van der Waals surface area contributed by atoms with E-state index in [4.69, 9.17) is 4.42 Å². The van der Waals surface area contributed by atoms with Crippen LogP contribution >= 0.6 is 0 Å². The summed E-state index contributed by atoms with van der Waals surface area (Å²) in [6.45, 7) is 1.23. The first kappa shape index (κ1) is 14.1. The average molecular weight is 295 g/mol. The Balaban J connectivity index is 1.57. The lowest BCUT2D eigenvalue weighted by Crippen LogP contribution is -2.24. The van der Waals surface area contributed by atoms with E-state index in [0.717, 1.165) is 18.8 Å². The number of furan rings is 1. The van der Waals surface area contributed by atoms with Crippen LogP contribution in [0.1, 0.15) is 21.7 Å². The van der Waals surface area contributed by atoms with E-state index in [2.05, 4.69) is 27.0 Å². The highest BCUT2D eigenvalue weighted by molar-refractivity contribution is 5.93. The average Bonchev–Trinajstić information content (AvgIpc) is 3.23. The zero-order valence-electron chi connectivity index (χ0n) is 12.1. The van der Waals surface area contributed by atoms with Gasteiger partial charge in [0.05, 0.1) is 18.4 Å². The third kappa shape index (κ3) is 3.44. The summed E-state index contributed by atoms with van der Waals surface area (Å²) < 4.78 is 6.96. The standard InChI is InChI=1S/C17H17N3O2/c21-17(15-7-11-22-13-15)19-12-16-18-8-10-20(16)9-6-14-4-2-1-3-5-14/h1-5,7-8,10-11,13H,6,9,12H2,(H,19,21). The first-order valence-electron chi connectivity index (χ1n) is 7.17. The van der Waals surface area contributed by atoms with Crippen LogP contribution in [-0.4, -0.2) is 15.5 Å². The van der Waals surface area contributed by atoms with E-state index in [1.165, 1.54) is 18.1 Å². The van der Waals surface area contributed by atoms with E-state index < -0.39 is 0 Å². The van der Waals surface area contributed by atoms with Crippen LogP contribution in [0.5, 0.6) is 0 Å². The fourth-order valence-corrected chi connectivity index (χ4v) is 2.26. The van der Waals surface area contributed by atoms with Crippen LogP contribution in [0.2, 0.25) is 0 Å². The monoisotopic (exact) mass is 295 g/mol. The third-order valence-electron chi connectivity index (χ3n) is 3.48. The van der Waals surface area contributed by atoms with Crippen LogP contribution in [-0.2, 0) is 19.5 Å². The minimum absolute atomic E-state index is 0.161. The molecule has 1 N–H and O–H groups in total. The van der Waals surface area contributed by atoms with Gasteiger partial charge in [0.2, 0.25) is 0 Å². The van der Waals surface area contributed by atoms with Crippen LogP contribution in [0.25, 0.3) is 0 Å². The van der Waals surface area contributed by atoms with Gasteiger partial charge in [-0.2, -0.15) is 0 Å². The van der Waals surface area contributed by atoms with Crippen molar-refractivity contribution in [1.82, 2.24) is 14.9 Å². The predicted octanol–water partition coefficient (Wildman–Crippen LogP) is 2.65. The summed E-state index contributed by atoms with van der Waals surface area (Å²) in [6, 6.07) is 11.9. The predicted molar refractivity (Wildman–Crippen MR) is 82.3 cm³/mol. The third-order valence-corrected chi connectivity index (χ3v) is 3.48. The highest BCUT2D eigenvalue weighted by Crippen LogP contribution is 2.05. The SMILES string of the molecule is O=C(NCc1nccn1CCc1ccccc1)c1ccoc1. The molecule has 0 saturated heterocycles. The van der Waals surface area contributed by atoms with Gasteiger partial charge in [-0.05, 0) is 18.1 Å². The van der Waals surface area contributed by atoms with Gasteiger partial charge in [-0.15, -0.1) is 0 Å². The van der Waals surface area contributed by atoms with E-state index in [1.54, 1.807) is 12.3 Å². The number of nitrogens with one attached hydrogen (secondary N) is 1. The number of hydrogen-bond acceptors (Lipinski definition) is 3. The number of nitrogens with zero attached hydrogens (tertiary/aromatic N) is 2. The lowest BCUT2D eigenvalue weighted by molar-refractivity contribution is 0.0949. The molecule has 0 aliphatic rings. The Bertz CT molecular complexity index is 717. The highest BCUT2D eigenvalue weighted by atomic mass is 16.3. The molecular formula is C17H17N3O2. The maximum absolute atomic E-state index is 11.9. The summed E-state index contributed by atoms with van der Waals surface area (Å²) in [5.74, 6) is 0.680. The van der Waals surface area contributed by atoms with Gasteiger partial charge in [-0.1, -0.05) is 30.3 Å². The molecule has 0 unspecified atom stereocenters. The van der Waals surface area contributed by atoms with Crippen molar-refractivity contribution in [3.05, 3.63) is 78.3 Å². The summed E-state index contributed by atoms with van der Waals surface area (Å²) in [5, 5.41) is 2.84. The number of aryl methyl sites for hydroxylation is 2. The topological polar surface area (TPSA) is 60.1 Å². The normalized spacial score (nSPS) is 10.5. The molecule has 5 nitrogen and oxygen atoms in total. The fraction of sp³-hybridized carbons (Fsp3) is 0.176. The summed E-state index contributed by atoms with van der Waals surface area (Å²) >= 11 is 0. The largest absolute Gasteiger partial charge is 0.472 e. The zero-order valence-corrected chi connectivity index (χ0v) is 12.1. The summed E-state index contributed by atoms with van der Waals surface area (Å²) in [6.07, 6.45) is 7.53. The Labute approximate surface area is 128 Å². The van der Waals surface area contributed by atoms with Gasteiger partial charge in [0, 0.05) is 18.9 Å². The van der Waals surface area contributed by atoms with Crippen molar-refractivity contribution in [2.24, 2.45) is 0 Å². The minimum atomic E-state index is -0.161. The molecule has 0 saturated carbocycles. The maximum atomic E-state index is 11.9. The van der Waals surface area contributed by atoms with E-state index in [1.807, 2.05) is 24.4 Å². The highest BCUT2D eigenvalue weighted by Gasteiger charge is 2.08. The molecule has 22 heavy (non-hydrogen) atoms. The molecule has 0 radical (unpaired) electrons. The molecule has 0 spiro atoms. The quantitative estimate of drug-likeness (QED) is 0.760. The molecule has 0 aliphatic carbocycles. The van der Waals surface area contributed by atoms with Gasteiger partial charge >= 0.3 is 0 Å². The lowest BCUT2D eigenvalue weighted by atomic mass is 10.1. The van der Waals surface area contributed by atoms with Gasteiger partial charge in [0.15, 0.2) is 0 Å². The van der Waals surface area contributed by atoms with Crippen LogP contribution in [0.3, 0.4) is 0 Å². The first-order valence-corrected chi connectivity index (χ1v) is 7.17. The number of imidazole rings is 1. The number of benzene rings is 1. The molecule has 0 aliphatic heterocycles. The smallest absolute Gasteiger partial charge is 0.254 e. The van der Waals surface area contributed by atoms with Crippen LogP contribution in [0.15, 0.2) is 65.7 Å². The van der Waals surface area contributed by atoms with E-state index in [9.17, 15) is 4.79 Å². The van der Waals surface area contributed by atoms with Crippen molar-refractivity contribution in [1.29, 1.82) is 0 Å². The summed E-state index contributed by atoms with van der Waals surface area (Å²) in [4.78, 5) is 16.2. The number of carbonyl (C=O) groups is 1. The van der Waals surface area contributed by atoms with Crippen LogP contribution in [0, 0.1) is 0 Å². The van der Waals surface area contributed by atoms with Gasteiger partial charge in [0.25, 0.3) is 5.91 Å². The second-order valence-electron chi connectivity index (χ2n) is 4.97. The van der Waals surface area contributed by atoms with Crippen molar-refractivity contribution >= 4 is 5.91 Å². The van der Waals surface area contributed by atoms with Crippen LogP contribution in [0.4, 0.5) is 0 Å². The molecule has 2 aromatic heterocycles. The van der Waals surface area contributed by atoms with Gasteiger partial charge in [0.1, 0.15) is 12.1 Å². The molecule has 3 aromatic rings. The Morgan fingerprint density at radius 2 is 2.09 bits per heavy atom. The lowest BCUT2D eigenvalue weighted by Gasteiger charge is -2.08. The summed E-state index contributed by atoms with van der Waals surface area (Å²) in [7, 11) is 0. The van der Waals surface area contributed by atoms with E-state index in [-0.39, 0.29) is 5.91 Å². The molecule has 0 fully saturated rings. The summed E-state index contributed by atoms with van der Waals surface area (Å²) in [5.41, 5.74) is 1.80. The maximum Gasteiger partial charge on any atom is 0.254 e. The number of amides is 1. The van der Waals surface area contributed by atoms with E-state index in [0.29, 0.717) is 12.1 Å². The Hall–Kier alpha value is -2.82. The van der Waals surface area contributed by atoms with Gasteiger partial charge in [-0.25, -0.2) is 4.98 Å². The second-order valence-corrected chi connectivity index (χ2v) is 4.97. The molecular weight excluding hydrogens is 278 g/mol. The second kappa shape index (κ2) is 6.76. The van der Waals surface area contributed by atoms with Crippen molar-refractivity contribution < 1.29 is 9.21 Å². The molecule has 3 rings (SSSR count). The van der Waals surface area contributed by atoms with Crippen LogP contribution < -0.4 is 5.32 Å². The van der Waals surface area contributed by atoms with Crippen molar-refractivity contribution in [3.63, 3.8) is 0 Å². The molecule has 2 heterocycles. The van der Waals surface area contributed by atoms with E-state index >= 15 is 0 Å². The Kier molecular flexibility index (Phi) is 4.34. The van der Waals surface area contributed by atoms with Crippen molar-refractivity contribution in [3.8, 4) is 0 Å². The fourth-order valence-electron chi connectivity index (χ4n) is 2.26. The minimum Gasteiger partial charge on any atom is -0.472 e. The molecule has 1 amide bonds. The van der Waals surface area contributed by atoms with Crippen molar-refractivity contribution in [2.75, 3.05) is 0 Å². The molecule has 1 aromatic carbocycles. The number of rotatable bonds is 6. The molecule has 0 bridgehead atoms. The Morgan fingerprint density at radius 1 is 1.23 bits per heavy atom. The number of carbonyl (C=O) groups excluding carboxylic acids is 1. The van der Waals surface area contributed by atoms with Crippen molar-refractivity contribution in [2.45, 2.75) is 19.5 Å².